The van der Waals surface area contributed by atoms with E-state index in [-0.39, 0.29) is 17.6 Å². The van der Waals surface area contributed by atoms with E-state index in [1.165, 1.54) is 0 Å². The van der Waals surface area contributed by atoms with Crippen molar-refractivity contribution in [2.75, 3.05) is 31.5 Å². The van der Waals surface area contributed by atoms with Gasteiger partial charge in [0.25, 0.3) is 0 Å². The molecular formula is C24H32ClN5O3. The van der Waals surface area contributed by atoms with Gasteiger partial charge in [-0.2, -0.15) is 4.98 Å². The third-order valence-electron chi connectivity index (χ3n) is 7.17. The number of halogens is 1. The smallest absolute Gasteiger partial charge is 0.321 e. The SMILES string of the molecule is CC(C)N1CC(Oc2cccc(Cl)c2NC(=O)N2CCC(C)(c3noc(C4CC4)n3)CC2)C1. The summed E-state index contributed by atoms with van der Waals surface area (Å²) in [5, 5.41) is 7.72. The molecule has 1 saturated carbocycles. The number of ether oxygens (including phenoxy) is 1. The van der Waals surface area contributed by atoms with Gasteiger partial charge in [-0.15, -0.1) is 0 Å². The average molecular weight is 474 g/mol. The molecule has 3 aliphatic rings. The number of carbonyl (C=O) groups is 1. The molecule has 2 saturated heterocycles. The second-order valence-electron chi connectivity index (χ2n) is 10.1. The molecule has 9 heteroatoms. The van der Waals surface area contributed by atoms with Gasteiger partial charge in [-0.1, -0.05) is 29.7 Å². The summed E-state index contributed by atoms with van der Waals surface area (Å²) in [5.41, 5.74) is 0.353. The zero-order chi connectivity index (χ0) is 23.2. The molecule has 1 aliphatic carbocycles. The van der Waals surface area contributed by atoms with Crippen LogP contribution in [0.15, 0.2) is 22.7 Å². The lowest BCUT2D eigenvalue weighted by molar-refractivity contribution is 0.000537. The Morgan fingerprint density at radius 1 is 1.27 bits per heavy atom. The second kappa shape index (κ2) is 8.80. The highest BCUT2D eigenvalue weighted by atomic mass is 35.5. The first-order chi connectivity index (χ1) is 15.8. The number of amides is 2. The highest BCUT2D eigenvalue weighted by Crippen LogP contribution is 2.41. The minimum absolute atomic E-state index is 0.104. The first kappa shape index (κ1) is 22.5. The van der Waals surface area contributed by atoms with E-state index in [0.717, 1.165) is 50.5 Å². The number of nitrogens with one attached hydrogen (secondary N) is 1. The molecule has 2 aliphatic heterocycles. The number of benzene rings is 1. The molecule has 2 amide bonds. The van der Waals surface area contributed by atoms with Gasteiger partial charge in [0.15, 0.2) is 5.82 Å². The number of rotatable bonds is 6. The van der Waals surface area contributed by atoms with Crippen LogP contribution in [0.5, 0.6) is 5.75 Å². The summed E-state index contributed by atoms with van der Waals surface area (Å²) in [6, 6.07) is 5.81. The van der Waals surface area contributed by atoms with Crippen LogP contribution in [0.3, 0.4) is 0 Å². The molecular weight excluding hydrogens is 442 g/mol. The van der Waals surface area contributed by atoms with Crippen LogP contribution in [0.1, 0.15) is 64.1 Å². The van der Waals surface area contributed by atoms with Crippen molar-refractivity contribution in [1.82, 2.24) is 19.9 Å². The van der Waals surface area contributed by atoms with E-state index < -0.39 is 0 Å². The van der Waals surface area contributed by atoms with Crippen LogP contribution < -0.4 is 10.1 Å². The van der Waals surface area contributed by atoms with Gasteiger partial charge in [-0.05, 0) is 51.7 Å². The number of piperidine rings is 1. The number of urea groups is 1. The van der Waals surface area contributed by atoms with Crippen molar-refractivity contribution in [3.05, 3.63) is 34.9 Å². The van der Waals surface area contributed by atoms with Crippen molar-refractivity contribution in [1.29, 1.82) is 0 Å². The lowest BCUT2D eigenvalue weighted by Crippen LogP contribution is -2.56. The van der Waals surface area contributed by atoms with E-state index in [2.05, 4.69) is 41.1 Å². The minimum Gasteiger partial charge on any atom is -0.486 e. The van der Waals surface area contributed by atoms with Crippen LogP contribution in [0, 0.1) is 0 Å². The Balaban J connectivity index is 1.20. The number of hydrogen-bond donors (Lipinski definition) is 1. The van der Waals surface area contributed by atoms with Gasteiger partial charge >= 0.3 is 6.03 Å². The Bertz CT molecular complexity index is 1010. The molecule has 1 aromatic heterocycles. The summed E-state index contributed by atoms with van der Waals surface area (Å²) < 4.78 is 11.6. The van der Waals surface area contributed by atoms with Crippen molar-refractivity contribution in [2.24, 2.45) is 0 Å². The van der Waals surface area contributed by atoms with E-state index >= 15 is 0 Å². The Morgan fingerprint density at radius 3 is 2.67 bits per heavy atom. The molecule has 0 unspecified atom stereocenters. The first-order valence-corrected chi connectivity index (χ1v) is 12.3. The van der Waals surface area contributed by atoms with E-state index in [0.29, 0.717) is 41.5 Å². The van der Waals surface area contributed by atoms with Gasteiger partial charge in [-0.25, -0.2) is 4.79 Å². The number of hydrogen-bond acceptors (Lipinski definition) is 6. The highest BCUT2D eigenvalue weighted by Gasteiger charge is 2.39. The maximum atomic E-state index is 13.1. The van der Waals surface area contributed by atoms with Crippen molar-refractivity contribution in [2.45, 2.75) is 69.9 Å². The molecule has 1 N–H and O–H groups in total. The maximum Gasteiger partial charge on any atom is 0.321 e. The molecule has 3 fully saturated rings. The number of para-hydroxylation sites is 1. The van der Waals surface area contributed by atoms with Crippen LogP contribution in [0.25, 0.3) is 0 Å². The summed E-state index contributed by atoms with van der Waals surface area (Å²) in [5.74, 6) is 2.59. The molecule has 0 atom stereocenters. The topological polar surface area (TPSA) is 83.7 Å². The average Bonchev–Trinajstić information content (AvgIpc) is 3.48. The van der Waals surface area contributed by atoms with Crippen LogP contribution >= 0.6 is 11.6 Å². The lowest BCUT2D eigenvalue weighted by atomic mass is 9.80. The summed E-state index contributed by atoms with van der Waals surface area (Å²) in [4.78, 5) is 21.9. The largest absolute Gasteiger partial charge is 0.486 e. The van der Waals surface area contributed by atoms with Crippen LogP contribution in [-0.4, -0.2) is 64.3 Å². The number of anilines is 1. The van der Waals surface area contributed by atoms with E-state index in [1.54, 1.807) is 6.07 Å². The Kier molecular flexibility index (Phi) is 5.99. The Hall–Kier alpha value is -2.32. The van der Waals surface area contributed by atoms with E-state index in [1.807, 2.05) is 17.0 Å². The Labute approximate surface area is 199 Å². The summed E-state index contributed by atoms with van der Waals surface area (Å²) in [6.07, 6.45) is 3.94. The van der Waals surface area contributed by atoms with Crippen molar-refractivity contribution in [3.63, 3.8) is 0 Å². The number of likely N-dealkylation sites (tertiary alicyclic amines) is 2. The molecule has 33 heavy (non-hydrogen) atoms. The van der Waals surface area contributed by atoms with Crippen LogP contribution in [-0.2, 0) is 5.41 Å². The fraction of sp³-hybridized carbons (Fsp3) is 0.625. The van der Waals surface area contributed by atoms with Gasteiger partial charge in [0, 0.05) is 43.6 Å². The van der Waals surface area contributed by atoms with Crippen molar-refractivity contribution < 1.29 is 14.1 Å². The zero-order valence-corrected chi connectivity index (χ0v) is 20.3. The predicted octanol–water partition coefficient (Wildman–Crippen LogP) is 4.66. The summed E-state index contributed by atoms with van der Waals surface area (Å²) >= 11 is 6.44. The lowest BCUT2D eigenvalue weighted by Gasteiger charge is -2.42. The molecule has 0 spiro atoms. The monoisotopic (exact) mass is 473 g/mol. The molecule has 3 heterocycles. The van der Waals surface area contributed by atoms with Gasteiger partial charge in [-0.3, -0.25) is 4.90 Å². The predicted molar refractivity (Wildman–Crippen MR) is 126 cm³/mol. The Morgan fingerprint density at radius 2 is 2.00 bits per heavy atom. The van der Waals surface area contributed by atoms with Gasteiger partial charge in [0.1, 0.15) is 17.5 Å². The van der Waals surface area contributed by atoms with E-state index in [4.69, 9.17) is 20.9 Å². The quantitative estimate of drug-likeness (QED) is 0.657. The summed E-state index contributed by atoms with van der Waals surface area (Å²) in [7, 11) is 0. The fourth-order valence-corrected chi connectivity index (χ4v) is 4.67. The van der Waals surface area contributed by atoms with Crippen molar-refractivity contribution >= 4 is 23.3 Å². The zero-order valence-electron chi connectivity index (χ0n) is 19.5. The molecule has 178 valence electrons. The molecule has 2 aromatic rings. The second-order valence-corrected chi connectivity index (χ2v) is 10.5. The highest BCUT2D eigenvalue weighted by molar-refractivity contribution is 6.34. The van der Waals surface area contributed by atoms with Gasteiger partial charge < -0.3 is 19.5 Å². The standard InChI is InChI=1S/C24H32ClN5O3/c1-15(2)30-13-17(14-30)32-19-6-4-5-18(25)20(19)26-23(31)29-11-9-24(3,10-12-29)22-27-21(33-28-22)16-7-8-16/h4-6,15-17H,7-14H2,1-3H3,(H,26,31). The van der Waals surface area contributed by atoms with Crippen molar-refractivity contribution in [3.8, 4) is 5.75 Å². The minimum atomic E-state index is -0.182. The fourth-order valence-electron chi connectivity index (χ4n) is 4.46. The number of nitrogens with zero attached hydrogens (tertiary/aromatic N) is 4. The number of carbonyl (C=O) groups excluding carboxylic acids is 1. The maximum absolute atomic E-state index is 13.1. The third kappa shape index (κ3) is 4.68. The molecule has 0 radical (unpaired) electrons. The first-order valence-electron chi connectivity index (χ1n) is 11.9. The van der Waals surface area contributed by atoms with Gasteiger partial charge in [0.2, 0.25) is 5.89 Å². The van der Waals surface area contributed by atoms with Crippen LogP contribution in [0.2, 0.25) is 5.02 Å². The number of aromatic nitrogens is 2. The van der Waals surface area contributed by atoms with Gasteiger partial charge in [0.05, 0.1) is 5.02 Å². The van der Waals surface area contributed by atoms with Crippen LogP contribution in [0.4, 0.5) is 10.5 Å². The summed E-state index contributed by atoms with van der Waals surface area (Å²) in [6.45, 7) is 9.49. The molecule has 1 aromatic carbocycles. The molecule has 8 nitrogen and oxygen atoms in total. The third-order valence-corrected chi connectivity index (χ3v) is 7.48. The molecule has 0 bridgehead atoms. The normalized spacial score (nSPS) is 21.2. The van der Waals surface area contributed by atoms with E-state index in [9.17, 15) is 4.79 Å². The molecule has 5 rings (SSSR count).